The lowest BCUT2D eigenvalue weighted by atomic mass is 9.84. The molecule has 2 heteroatoms. The largest absolute Gasteiger partial charge is 0.207 e. The van der Waals surface area contributed by atoms with Gasteiger partial charge in [-0.2, -0.15) is 0 Å². The van der Waals surface area contributed by atoms with Crippen molar-refractivity contribution >= 4 is 11.8 Å². The van der Waals surface area contributed by atoms with E-state index in [1.807, 2.05) is 30.0 Å². The lowest BCUT2D eigenvalue weighted by molar-refractivity contribution is 0.624. The number of thioether (sulfide) groups is 1. The van der Waals surface area contributed by atoms with Gasteiger partial charge in [-0.05, 0) is 41.0 Å². The van der Waals surface area contributed by atoms with Gasteiger partial charge in [0, 0.05) is 0 Å². The minimum Gasteiger partial charge on any atom is -0.207 e. The Morgan fingerprint density at radius 1 is 0.750 bits per heavy atom. The Morgan fingerprint density at radius 2 is 1.29 bits per heavy atom. The van der Waals surface area contributed by atoms with E-state index in [4.69, 9.17) is 0 Å². The molecule has 0 N–H and O–H groups in total. The van der Waals surface area contributed by atoms with Gasteiger partial charge < -0.3 is 0 Å². The van der Waals surface area contributed by atoms with E-state index in [9.17, 15) is 4.39 Å². The van der Waals surface area contributed by atoms with E-state index in [1.165, 1.54) is 17.2 Å². The maximum Gasteiger partial charge on any atom is 0.123 e. The third-order valence-electron chi connectivity index (χ3n) is 4.11. The smallest absolute Gasteiger partial charge is 0.123 e. The summed E-state index contributed by atoms with van der Waals surface area (Å²) in [5, 5.41) is 0. The molecule has 0 unspecified atom stereocenters. The lowest BCUT2D eigenvalue weighted by Gasteiger charge is -2.35. The second kappa shape index (κ2) is 7.67. The van der Waals surface area contributed by atoms with Crippen molar-refractivity contribution in [1.82, 2.24) is 0 Å². The van der Waals surface area contributed by atoms with Gasteiger partial charge in [0.05, 0.1) is 4.75 Å². The number of hydrogen-bond donors (Lipinski definition) is 0. The molecular formula is C22H21FS. The average molecular weight is 335 g/mol. The fourth-order valence-corrected chi connectivity index (χ4v) is 4.47. The molecule has 0 bridgehead atoms. The van der Waals surface area contributed by atoms with Gasteiger partial charge in [0.25, 0.3) is 0 Å². The van der Waals surface area contributed by atoms with Crippen molar-refractivity contribution in [3.8, 4) is 0 Å². The molecule has 0 amide bonds. The van der Waals surface area contributed by atoms with E-state index in [0.29, 0.717) is 0 Å². The summed E-state index contributed by atoms with van der Waals surface area (Å²) in [6.45, 7) is 2.18. The summed E-state index contributed by atoms with van der Waals surface area (Å²) in [5.74, 6) is 0.807. The van der Waals surface area contributed by atoms with E-state index in [1.54, 1.807) is 12.1 Å². The number of hydrogen-bond acceptors (Lipinski definition) is 1. The standard InChI is InChI=1S/C22H21FS/c1-2-16-24-22(18-10-5-3-6-11-18,19-12-7-4-8-13-19)20-14-9-15-21(23)17-20/h3-15,17H,2,16H2,1H3/i23-1. The summed E-state index contributed by atoms with van der Waals surface area (Å²) in [7, 11) is 0. The highest BCUT2D eigenvalue weighted by molar-refractivity contribution is 8.00. The third-order valence-corrected chi connectivity index (χ3v) is 5.87. The molecule has 3 aromatic carbocycles. The molecular weight excluding hydrogens is 314 g/mol. The first-order valence-electron chi connectivity index (χ1n) is 8.28. The van der Waals surface area contributed by atoms with E-state index in [-0.39, 0.29) is 5.82 Å². The van der Waals surface area contributed by atoms with Gasteiger partial charge >= 0.3 is 0 Å². The molecule has 0 aliphatic carbocycles. The van der Waals surface area contributed by atoms with Gasteiger partial charge in [-0.25, -0.2) is 4.39 Å². The molecule has 0 aliphatic heterocycles. The van der Waals surface area contributed by atoms with E-state index >= 15 is 0 Å². The zero-order valence-electron chi connectivity index (χ0n) is 13.8. The molecule has 0 atom stereocenters. The van der Waals surface area contributed by atoms with Crippen LogP contribution in [-0.4, -0.2) is 5.75 Å². The normalized spacial score (nSPS) is 11.4. The average Bonchev–Trinajstić information content (AvgIpc) is 2.64. The highest BCUT2D eigenvalue weighted by Crippen LogP contribution is 2.48. The van der Waals surface area contributed by atoms with Gasteiger partial charge in [-0.3, -0.25) is 0 Å². The van der Waals surface area contributed by atoms with Crippen LogP contribution in [0, 0.1) is 5.82 Å². The zero-order chi connectivity index (χ0) is 16.8. The number of rotatable bonds is 6. The molecule has 3 aromatic rings. The van der Waals surface area contributed by atoms with Crippen molar-refractivity contribution < 1.29 is 4.39 Å². The first-order valence-corrected chi connectivity index (χ1v) is 9.27. The maximum absolute atomic E-state index is 14.0. The second-order valence-electron chi connectivity index (χ2n) is 5.77. The Kier molecular flexibility index (Phi) is 5.37. The van der Waals surface area contributed by atoms with Crippen molar-refractivity contribution in [2.45, 2.75) is 18.1 Å². The molecule has 0 spiro atoms. The van der Waals surface area contributed by atoms with Crippen molar-refractivity contribution in [2.24, 2.45) is 0 Å². The fraction of sp³-hybridized carbons (Fsp3) is 0.182. The Balaban J connectivity index is 2.28. The van der Waals surface area contributed by atoms with Crippen LogP contribution in [0.25, 0.3) is 0 Å². The summed E-state index contributed by atoms with van der Waals surface area (Å²) in [4.78, 5) is 0. The fourth-order valence-electron chi connectivity index (χ4n) is 3.06. The van der Waals surface area contributed by atoms with Crippen molar-refractivity contribution in [3.05, 3.63) is 107 Å². The van der Waals surface area contributed by atoms with Crippen LogP contribution in [-0.2, 0) is 4.75 Å². The lowest BCUT2D eigenvalue weighted by Crippen LogP contribution is -2.26. The molecule has 0 heterocycles. The Morgan fingerprint density at radius 3 is 1.79 bits per heavy atom. The van der Waals surface area contributed by atoms with Gasteiger partial charge in [-0.15, -0.1) is 11.8 Å². The van der Waals surface area contributed by atoms with E-state index < -0.39 is 4.75 Å². The molecule has 0 fully saturated rings. The molecule has 0 nitrogen and oxygen atoms in total. The van der Waals surface area contributed by atoms with Crippen LogP contribution in [0.1, 0.15) is 30.0 Å². The highest BCUT2D eigenvalue weighted by Gasteiger charge is 2.36. The van der Waals surface area contributed by atoms with Crippen LogP contribution in [0.5, 0.6) is 0 Å². The first-order chi connectivity index (χ1) is 11.8. The molecule has 3 rings (SSSR count). The summed E-state index contributed by atoms with van der Waals surface area (Å²) < 4.78 is 13.6. The SMILES string of the molecule is CCCSC(c1ccccc1)(c1ccccc1)c1cccc([18F])c1. The zero-order valence-corrected chi connectivity index (χ0v) is 14.6. The van der Waals surface area contributed by atoms with Crippen LogP contribution in [0.2, 0.25) is 0 Å². The summed E-state index contributed by atoms with van der Waals surface area (Å²) in [6.07, 6.45) is 1.07. The number of benzene rings is 3. The molecule has 122 valence electrons. The second-order valence-corrected chi connectivity index (χ2v) is 7.08. The Labute approximate surface area is 147 Å². The molecule has 0 aromatic heterocycles. The number of halogens is 1. The predicted molar refractivity (Wildman–Crippen MR) is 102 cm³/mol. The topological polar surface area (TPSA) is 0 Å². The third kappa shape index (κ3) is 3.25. The van der Waals surface area contributed by atoms with Crippen molar-refractivity contribution in [2.75, 3.05) is 5.75 Å². The van der Waals surface area contributed by atoms with Crippen molar-refractivity contribution in [1.29, 1.82) is 0 Å². The van der Waals surface area contributed by atoms with E-state index in [2.05, 4.69) is 55.5 Å². The molecule has 0 aliphatic rings. The van der Waals surface area contributed by atoms with Crippen LogP contribution in [0.4, 0.5) is 4.39 Å². The highest BCUT2D eigenvalue weighted by atomic mass is 32.2. The van der Waals surface area contributed by atoms with Gasteiger partial charge in [0.2, 0.25) is 0 Å². The summed E-state index contributed by atoms with van der Waals surface area (Å²) in [6, 6.07) is 27.8. The van der Waals surface area contributed by atoms with Crippen molar-refractivity contribution in [3.63, 3.8) is 0 Å². The predicted octanol–water partition coefficient (Wildman–Crippen LogP) is 6.26. The molecule has 0 saturated carbocycles. The van der Waals surface area contributed by atoms with Gasteiger partial charge in [0.1, 0.15) is 5.82 Å². The molecule has 0 radical (unpaired) electrons. The van der Waals surface area contributed by atoms with Crippen LogP contribution in [0.3, 0.4) is 0 Å². The van der Waals surface area contributed by atoms with Gasteiger partial charge in [0.15, 0.2) is 0 Å². The Hall–Kier alpha value is -2.06. The van der Waals surface area contributed by atoms with Crippen LogP contribution in [0.15, 0.2) is 84.9 Å². The minimum absolute atomic E-state index is 0.194. The van der Waals surface area contributed by atoms with Gasteiger partial charge in [-0.1, -0.05) is 79.7 Å². The van der Waals surface area contributed by atoms with E-state index in [0.717, 1.165) is 17.7 Å². The van der Waals surface area contributed by atoms with Crippen LogP contribution < -0.4 is 0 Å². The maximum atomic E-state index is 14.0. The monoisotopic (exact) mass is 335 g/mol. The first kappa shape index (κ1) is 16.8. The molecule has 0 saturated heterocycles. The van der Waals surface area contributed by atoms with Crippen LogP contribution >= 0.6 is 11.8 Å². The summed E-state index contributed by atoms with van der Waals surface area (Å²) in [5.41, 5.74) is 3.35. The molecule has 24 heavy (non-hydrogen) atoms. The Bertz CT molecular complexity index is 729. The quantitative estimate of drug-likeness (QED) is 0.479. The minimum atomic E-state index is -0.402. The summed E-state index contributed by atoms with van der Waals surface area (Å²) >= 11 is 1.87.